The predicted molar refractivity (Wildman–Crippen MR) is 71.9 cm³/mol. The van der Waals surface area contributed by atoms with Gasteiger partial charge in [-0.1, -0.05) is 15.9 Å². The van der Waals surface area contributed by atoms with Crippen molar-refractivity contribution in [2.24, 2.45) is 0 Å². The van der Waals surface area contributed by atoms with Crippen LogP contribution in [0.1, 0.15) is 12.8 Å². The van der Waals surface area contributed by atoms with Gasteiger partial charge in [0.1, 0.15) is 12.4 Å². The molecule has 4 nitrogen and oxygen atoms in total. The highest BCUT2D eigenvalue weighted by atomic mass is 79.9. The summed E-state index contributed by atoms with van der Waals surface area (Å²) in [4.78, 5) is 12.7. The van der Waals surface area contributed by atoms with Crippen molar-refractivity contribution < 1.29 is 14.6 Å². The molecule has 1 aliphatic rings. The van der Waals surface area contributed by atoms with Crippen molar-refractivity contribution in [2.45, 2.75) is 18.9 Å². The van der Waals surface area contributed by atoms with Gasteiger partial charge in [-0.2, -0.15) is 0 Å². The average molecular weight is 314 g/mol. The summed E-state index contributed by atoms with van der Waals surface area (Å²) in [6, 6.07) is 8.07. The van der Waals surface area contributed by atoms with Crippen molar-refractivity contribution >= 4 is 21.9 Å². The van der Waals surface area contributed by atoms with Gasteiger partial charge in [0, 0.05) is 17.1 Å². The van der Waals surface area contributed by atoms with E-state index in [0.29, 0.717) is 19.2 Å². The minimum atomic E-state index is -0.773. The Kier molecular flexibility index (Phi) is 4.60. The Labute approximate surface area is 115 Å². The van der Waals surface area contributed by atoms with E-state index in [4.69, 9.17) is 9.84 Å². The third-order valence-electron chi connectivity index (χ3n) is 2.86. The molecule has 1 N–H and O–H groups in total. The number of nitrogens with zero attached hydrogens (tertiary/aromatic N) is 1. The fourth-order valence-corrected chi connectivity index (χ4v) is 2.08. The first kappa shape index (κ1) is 13.4. The maximum Gasteiger partial charge on any atom is 0.317 e. The summed E-state index contributed by atoms with van der Waals surface area (Å²) in [5.41, 5.74) is 0. The van der Waals surface area contributed by atoms with Crippen LogP contribution in [0.15, 0.2) is 28.7 Å². The molecule has 0 saturated heterocycles. The number of carbonyl (C=O) groups is 1. The molecule has 0 unspecified atom stereocenters. The van der Waals surface area contributed by atoms with Gasteiger partial charge in [0.05, 0.1) is 6.54 Å². The molecule has 18 heavy (non-hydrogen) atoms. The number of hydrogen-bond donors (Lipinski definition) is 1. The summed E-state index contributed by atoms with van der Waals surface area (Å²) in [6.45, 7) is 1.28. The topological polar surface area (TPSA) is 49.8 Å². The Morgan fingerprint density at radius 1 is 1.39 bits per heavy atom. The van der Waals surface area contributed by atoms with Crippen LogP contribution in [0, 0.1) is 0 Å². The normalized spacial score (nSPS) is 14.8. The van der Waals surface area contributed by atoms with E-state index in [9.17, 15) is 4.79 Å². The number of hydrogen-bond acceptors (Lipinski definition) is 3. The Hall–Kier alpha value is -1.07. The molecule has 1 saturated carbocycles. The standard InChI is InChI=1S/C13H16BrNO3/c14-10-1-5-12(6-2-10)18-8-7-15(9-13(16)17)11-3-4-11/h1-2,5-6,11H,3-4,7-9H2,(H,16,17). The lowest BCUT2D eigenvalue weighted by molar-refractivity contribution is -0.138. The van der Waals surface area contributed by atoms with Gasteiger partial charge < -0.3 is 9.84 Å². The highest BCUT2D eigenvalue weighted by molar-refractivity contribution is 9.10. The molecule has 5 heteroatoms. The molecule has 0 amide bonds. The highest BCUT2D eigenvalue weighted by Gasteiger charge is 2.29. The number of ether oxygens (including phenoxy) is 1. The van der Waals surface area contributed by atoms with E-state index >= 15 is 0 Å². The molecule has 0 atom stereocenters. The number of carboxylic acid groups (broad SMARTS) is 1. The zero-order valence-electron chi connectivity index (χ0n) is 10.0. The van der Waals surface area contributed by atoms with Crippen LogP contribution >= 0.6 is 15.9 Å². The molecule has 1 aromatic carbocycles. The van der Waals surface area contributed by atoms with E-state index in [2.05, 4.69) is 15.9 Å². The van der Waals surface area contributed by atoms with Gasteiger partial charge in [0.2, 0.25) is 0 Å². The Bertz CT molecular complexity index is 403. The molecule has 0 aliphatic heterocycles. The van der Waals surface area contributed by atoms with Crippen LogP contribution in [-0.4, -0.2) is 41.7 Å². The van der Waals surface area contributed by atoms with E-state index in [0.717, 1.165) is 23.1 Å². The van der Waals surface area contributed by atoms with Crippen LogP contribution < -0.4 is 4.74 Å². The summed E-state index contributed by atoms with van der Waals surface area (Å²) < 4.78 is 6.61. The minimum absolute atomic E-state index is 0.106. The van der Waals surface area contributed by atoms with Gasteiger partial charge >= 0.3 is 5.97 Å². The van der Waals surface area contributed by atoms with Crippen LogP contribution in [0.25, 0.3) is 0 Å². The van der Waals surface area contributed by atoms with Gasteiger partial charge in [-0.3, -0.25) is 9.69 Å². The molecule has 2 rings (SSSR count). The number of halogens is 1. The monoisotopic (exact) mass is 313 g/mol. The zero-order chi connectivity index (χ0) is 13.0. The second-order valence-corrected chi connectivity index (χ2v) is 5.31. The first-order valence-corrected chi connectivity index (χ1v) is 6.78. The van der Waals surface area contributed by atoms with Crippen molar-refractivity contribution in [3.63, 3.8) is 0 Å². The molecule has 1 aromatic rings. The molecular weight excluding hydrogens is 298 g/mol. The van der Waals surface area contributed by atoms with Gasteiger partial charge in [0.15, 0.2) is 0 Å². The molecule has 0 radical (unpaired) electrons. The third kappa shape index (κ3) is 4.31. The summed E-state index contributed by atoms with van der Waals surface area (Å²) >= 11 is 3.36. The number of rotatable bonds is 7. The van der Waals surface area contributed by atoms with Gasteiger partial charge in [-0.25, -0.2) is 0 Å². The van der Waals surface area contributed by atoms with Crippen LogP contribution in [0.3, 0.4) is 0 Å². The third-order valence-corrected chi connectivity index (χ3v) is 3.39. The maximum atomic E-state index is 10.7. The van der Waals surface area contributed by atoms with Crippen molar-refractivity contribution in [3.8, 4) is 5.75 Å². The Balaban J connectivity index is 1.75. The highest BCUT2D eigenvalue weighted by Crippen LogP contribution is 2.26. The van der Waals surface area contributed by atoms with Crippen molar-refractivity contribution in [1.29, 1.82) is 0 Å². The van der Waals surface area contributed by atoms with Crippen molar-refractivity contribution in [2.75, 3.05) is 19.7 Å². The van der Waals surface area contributed by atoms with E-state index < -0.39 is 5.97 Å². The van der Waals surface area contributed by atoms with Crippen LogP contribution in [0.2, 0.25) is 0 Å². The van der Waals surface area contributed by atoms with Gasteiger partial charge in [-0.15, -0.1) is 0 Å². The molecular formula is C13H16BrNO3. The summed E-state index contributed by atoms with van der Waals surface area (Å²) in [5.74, 6) is 0.0369. The SMILES string of the molecule is O=C(O)CN(CCOc1ccc(Br)cc1)C1CC1. The smallest absolute Gasteiger partial charge is 0.317 e. The Morgan fingerprint density at radius 2 is 2.06 bits per heavy atom. The van der Waals surface area contributed by atoms with E-state index in [-0.39, 0.29) is 6.54 Å². The first-order valence-electron chi connectivity index (χ1n) is 5.99. The maximum absolute atomic E-state index is 10.7. The fraction of sp³-hybridized carbons (Fsp3) is 0.462. The quantitative estimate of drug-likeness (QED) is 0.839. The molecule has 0 bridgehead atoms. The molecule has 0 spiro atoms. The number of benzene rings is 1. The largest absolute Gasteiger partial charge is 0.492 e. The predicted octanol–water partition coefficient (Wildman–Crippen LogP) is 2.38. The van der Waals surface area contributed by atoms with Crippen LogP contribution in [0.5, 0.6) is 5.75 Å². The van der Waals surface area contributed by atoms with Crippen molar-refractivity contribution in [3.05, 3.63) is 28.7 Å². The lowest BCUT2D eigenvalue weighted by Crippen LogP contribution is -2.35. The molecule has 0 heterocycles. The zero-order valence-corrected chi connectivity index (χ0v) is 11.6. The van der Waals surface area contributed by atoms with E-state index in [1.165, 1.54) is 0 Å². The van der Waals surface area contributed by atoms with Crippen LogP contribution in [-0.2, 0) is 4.79 Å². The lowest BCUT2D eigenvalue weighted by Gasteiger charge is -2.19. The molecule has 1 fully saturated rings. The fourth-order valence-electron chi connectivity index (χ4n) is 1.82. The van der Waals surface area contributed by atoms with Gasteiger partial charge in [0.25, 0.3) is 0 Å². The second kappa shape index (κ2) is 6.20. The van der Waals surface area contributed by atoms with Crippen LogP contribution in [0.4, 0.5) is 0 Å². The van der Waals surface area contributed by atoms with Crippen molar-refractivity contribution in [1.82, 2.24) is 4.90 Å². The summed E-state index contributed by atoms with van der Waals surface area (Å²) in [7, 11) is 0. The first-order chi connectivity index (χ1) is 8.65. The Morgan fingerprint density at radius 3 is 2.61 bits per heavy atom. The van der Waals surface area contributed by atoms with E-state index in [1.54, 1.807) is 0 Å². The number of aliphatic carboxylic acids is 1. The molecule has 98 valence electrons. The second-order valence-electron chi connectivity index (χ2n) is 4.40. The van der Waals surface area contributed by atoms with Gasteiger partial charge in [-0.05, 0) is 37.1 Å². The lowest BCUT2D eigenvalue weighted by atomic mass is 10.3. The van der Waals surface area contributed by atoms with E-state index in [1.807, 2.05) is 29.2 Å². The number of carboxylic acids is 1. The molecule has 1 aliphatic carbocycles. The minimum Gasteiger partial charge on any atom is -0.492 e. The molecule has 0 aromatic heterocycles. The summed E-state index contributed by atoms with van der Waals surface area (Å²) in [5, 5.41) is 8.82. The summed E-state index contributed by atoms with van der Waals surface area (Å²) in [6.07, 6.45) is 2.21. The average Bonchev–Trinajstić information content (AvgIpc) is 3.14.